The molecule has 1 amide bonds. The van der Waals surface area contributed by atoms with Crippen molar-refractivity contribution in [3.8, 4) is 0 Å². The first-order chi connectivity index (χ1) is 9.22. The second-order valence-electron chi connectivity index (χ2n) is 5.46. The Morgan fingerprint density at radius 1 is 1.21 bits per heavy atom. The first-order valence-corrected chi connectivity index (χ1v) is 7.30. The predicted octanol–water partition coefficient (Wildman–Crippen LogP) is 3.43. The zero-order valence-electron chi connectivity index (χ0n) is 11.9. The molecule has 1 saturated carbocycles. The van der Waals surface area contributed by atoms with Gasteiger partial charge < -0.3 is 10.6 Å². The third kappa shape index (κ3) is 3.49. The van der Waals surface area contributed by atoms with Gasteiger partial charge in [-0.15, -0.1) is 0 Å². The molecule has 1 aliphatic carbocycles. The third-order valence-electron chi connectivity index (χ3n) is 4.16. The van der Waals surface area contributed by atoms with Crippen LogP contribution in [0.25, 0.3) is 0 Å². The topological polar surface area (TPSA) is 41.1 Å². The van der Waals surface area contributed by atoms with Crippen molar-refractivity contribution in [2.24, 2.45) is 5.92 Å². The lowest BCUT2D eigenvalue weighted by Gasteiger charge is -2.28. The van der Waals surface area contributed by atoms with Crippen molar-refractivity contribution in [1.82, 2.24) is 5.32 Å². The number of hydrogen-bond donors (Lipinski definition) is 2. The van der Waals surface area contributed by atoms with Crippen LogP contribution in [0.2, 0.25) is 0 Å². The average Bonchev–Trinajstić information content (AvgIpc) is 2.48. The number of para-hydroxylation sites is 1. The van der Waals surface area contributed by atoms with Gasteiger partial charge in [0.1, 0.15) is 0 Å². The Morgan fingerprint density at radius 3 is 2.58 bits per heavy atom. The fraction of sp³-hybridized carbons (Fsp3) is 0.562. The molecule has 1 aromatic carbocycles. The molecule has 0 spiro atoms. The second kappa shape index (κ2) is 6.60. The zero-order chi connectivity index (χ0) is 13.7. The van der Waals surface area contributed by atoms with E-state index in [0.29, 0.717) is 5.92 Å². The third-order valence-corrected chi connectivity index (χ3v) is 4.16. The van der Waals surface area contributed by atoms with Crippen LogP contribution in [0.3, 0.4) is 0 Å². The Balaban J connectivity index is 1.99. The highest BCUT2D eigenvalue weighted by Crippen LogP contribution is 2.26. The maximum absolute atomic E-state index is 12.3. The lowest BCUT2D eigenvalue weighted by Crippen LogP contribution is -2.39. The molecule has 0 radical (unpaired) electrons. The number of benzene rings is 1. The molecule has 0 bridgehead atoms. The summed E-state index contributed by atoms with van der Waals surface area (Å²) in [5.74, 6) is 0.669. The molecule has 0 aromatic heterocycles. The van der Waals surface area contributed by atoms with Crippen LogP contribution in [0.5, 0.6) is 0 Å². The van der Waals surface area contributed by atoms with Crippen LogP contribution >= 0.6 is 0 Å². The number of hydrogen-bond acceptors (Lipinski definition) is 2. The Kier molecular flexibility index (Phi) is 4.83. The zero-order valence-corrected chi connectivity index (χ0v) is 11.9. The van der Waals surface area contributed by atoms with Gasteiger partial charge in [0.2, 0.25) is 0 Å². The maximum Gasteiger partial charge on any atom is 0.253 e. The molecule has 19 heavy (non-hydrogen) atoms. The van der Waals surface area contributed by atoms with Gasteiger partial charge in [-0.25, -0.2) is 0 Å². The molecule has 3 heteroatoms. The number of amides is 1. The lowest BCUT2D eigenvalue weighted by molar-refractivity contribution is 0.0920. The molecule has 3 nitrogen and oxygen atoms in total. The summed E-state index contributed by atoms with van der Waals surface area (Å²) in [5, 5.41) is 6.23. The van der Waals surface area contributed by atoms with E-state index in [0.717, 1.165) is 11.3 Å². The molecule has 0 saturated heterocycles. The smallest absolute Gasteiger partial charge is 0.253 e. The van der Waals surface area contributed by atoms with Crippen LogP contribution in [0, 0.1) is 5.92 Å². The predicted molar refractivity (Wildman–Crippen MR) is 79.5 cm³/mol. The second-order valence-corrected chi connectivity index (χ2v) is 5.46. The summed E-state index contributed by atoms with van der Waals surface area (Å²) in [5.41, 5.74) is 1.61. The first kappa shape index (κ1) is 13.9. The van der Waals surface area contributed by atoms with Gasteiger partial charge in [0, 0.05) is 18.8 Å². The molecule has 1 fully saturated rings. The van der Waals surface area contributed by atoms with Gasteiger partial charge in [0.15, 0.2) is 0 Å². The summed E-state index contributed by atoms with van der Waals surface area (Å²) < 4.78 is 0. The van der Waals surface area contributed by atoms with E-state index in [9.17, 15) is 4.79 Å². The Hall–Kier alpha value is -1.51. The summed E-state index contributed by atoms with van der Waals surface area (Å²) >= 11 is 0. The van der Waals surface area contributed by atoms with Gasteiger partial charge in [-0.3, -0.25) is 4.79 Å². The Bertz CT molecular complexity index is 425. The van der Waals surface area contributed by atoms with Crippen molar-refractivity contribution in [3.63, 3.8) is 0 Å². The summed E-state index contributed by atoms with van der Waals surface area (Å²) in [6, 6.07) is 7.90. The van der Waals surface area contributed by atoms with E-state index in [-0.39, 0.29) is 11.9 Å². The van der Waals surface area contributed by atoms with Gasteiger partial charge in [0.25, 0.3) is 5.91 Å². The van der Waals surface area contributed by atoms with Gasteiger partial charge in [-0.05, 0) is 37.8 Å². The summed E-state index contributed by atoms with van der Waals surface area (Å²) in [6.07, 6.45) is 6.44. The van der Waals surface area contributed by atoms with Crippen LogP contribution in [-0.2, 0) is 0 Å². The van der Waals surface area contributed by atoms with Gasteiger partial charge in [-0.1, -0.05) is 31.4 Å². The fourth-order valence-corrected chi connectivity index (χ4v) is 2.94. The molecule has 1 atom stereocenters. The quantitative estimate of drug-likeness (QED) is 0.871. The van der Waals surface area contributed by atoms with E-state index >= 15 is 0 Å². The van der Waals surface area contributed by atoms with Crippen LogP contribution in [0.15, 0.2) is 24.3 Å². The van der Waals surface area contributed by atoms with Crippen molar-refractivity contribution in [3.05, 3.63) is 29.8 Å². The van der Waals surface area contributed by atoms with E-state index < -0.39 is 0 Å². The minimum absolute atomic E-state index is 0.0306. The molecule has 104 valence electrons. The minimum Gasteiger partial charge on any atom is -0.387 e. The largest absolute Gasteiger partial charge is 0.387 e. The molecule has 1 aromatic rings. The van der Waals surface area contributed by atoms with Gasteiger partial charge >= 0.3 is 0 Å². The van der Waals surface area contributed by atoms with Crippen LogP contribution in [0.1, 0.15) is 49.4 Å². The number of nitrogens with one attached hydrogen (secondary N) is 2. The molecular weight excluding hydrogens is 236 g/mol. The summed E-state index contributed by atoms with van der Waals surface area (Å²) in [6.45, 7) is 2.13. The maximum atomic E-state index is 12.3. The highest BCUT2D eigenvalue weighted by Gasteiger charge is 2.22. The molecule has 2 N–H and O–H groups in total. The van der Waals surface area contributed by atoms with E-state index in [1.807, 2.05) is 31.3 Å². The highest BCUT2D eigenvalue weighted by atomic mass is 16.1. The minimum atomic E-state index is 0.0306. The van der Waals surface area contributed by atoms with Gasteiger partial charge in [-0.2, -0.15) is 0 Å². The average molecular weight is 260 g/mol. The molecule has 1 aliphatic rings. The van der Waals surface area contributed by atoms with E-state index in [1.54, 1.807) is 0 Å². The van der Waals surface area contributed by atoms with Crippen molar-refractivity contribution < 1.29 is 4.79 Å². The molecular formula is C16H24N2O. The molecule has 0 aliphatic heterocycles. The van der Waals surface area contributed by atoms with Crippen LogP contribution < -0.4 is 10.6 Å². The fourth-order valence-electron chi connectivity index (χ4n) is 2.94. The number of anilines is 1. The highest BCUT2D eigenvalue weighted by molar-refractivity contribution is 5.99. The molecule has 0 unspecified atom stereocenters. The van der Waals surface area contributed by atoms with E-state index in [4.69, 9.17) is 0 Å². The Morgan fingerprint density at radius 2 is 1.89 bits per heavy atom. The summed E-state index contributed by atoms with van der Waals surface area (Å²) in [7, 11) is 1.84. The van der Waals surface area contributed by atoms with Gasteiger partial charge in [0.05, 0.1) is 5.56 Å². The van der Waals surface area contributed by atoms with Crippen LogP contribution in [0.4, 0.5) is 5.69 Å². The standard InChI is InChI=1S/C16H24N2O/c1-12(13-8-4-3-5-9-13)18-16(19)14-10-6-7-11-15(14)17-2/h6-7,10-13,17H,3-5,8-9H2,1-2H3,(H,18,19)/t12-/m1/s1. The van der Waals surface area contributed by atoms with E-state index in [2.05, 4.69) is 17.6 Å². The normalized spacial score (nSPS) is 17.8. The lowest BCUT2D eigenvalue weighted by atomic mass is 9.84. The van der Waals surface area contributed by atoms with Crippen molar-refractivity contribution in [2.45, 2.75) is 45.1 Å². The first-order valence-electron chi connectivity index (χ1n) is 7.30. The summed E-state index contributed by atoms with van der Waals surface area (Å²) in [4.78, 5) is 12.3. The van der Waals surface area contributed by atoms with E-state index in [1.165, 1.54) is 32.1 Å². The monoisotopic (exact) mass is 260 g/mol. The van der Waals surface area contributed by atoms with Crippen molar-refractivity contribution in [2.75, 3.05) is 12.4 Å². The molecule has 0 heterocycles. The number of carbonyl (C=O) groups excluding carboxylic acids is 1. The van der Waals surface area contributed by atoms with Crippen molar-refractivity contribution in [1.29, 1.82) is 0 Å². The number of rotatable bonds is 4. The van der Waals surface area contributed by atoms with Crippen molar-refractivity contribution >= 4 is 11.6 Å². The van der Waals surface area contributed by atoms with Crippen LogP contribution in [-0.4, -0.2) is 19.0 Å². The Labute approximate surface area is 115 Å². The number of carbonyl (C=O) groups is 1. The SMILES string of the molecule is CNc1ccccc1C(=O)N[C@H](C)C1CCCCC1. The molecule has 2 rings (SSSR count).